The number of hydrogen-bond acceptors (Lipinski definition) is 1. The highest BCUT2D eigenvalue weighted by molar-refractivity contribution is 9.10. The van der Waals surface area contributed by atoms with Crippen molar-refractivity contribution in [2.24, 2.45) is 0 Å². The van der Waals surface area contributed by atoms with E-state index < -0.39 is 11.6 Å². The fraction of sp³-hybridized carbons (Fsp3) is 0. The summed E-state index contributed by atoms with van der Waals surface area (Å²) in [6.45, 7) is 0. The van der Waals surface area contributed by atoms with Gasteiger partial charge in [0.15, 0.2) is 11.6 Å². The Kier molecular flexibility index (Phi) is 1.71. The predicted molar refractivity (Wildman–Crippen MR) is 34.6 cm³/mol. The molecule has 9 heavy (non-hydrogen) atoms. The topological polar surface area (TPSA) is 20.2 Å². The average molecular weight is 190 g/mol. The first-order valence-corrected chi connectivity index (χ1v) is 3.06. The zero-order valence-corrected chi connectivity index (χ0v) is 5.94. The van der Waals surface area contributed by atoms with Crippen LogP contribution >= 0.6 is 15.9 Å². The maximum absolute atomic E-state index is 12.4. The van der Waals surface area contributed by atoms with E-state index >= 15 is 0 Å². The molecule has 1 radical (unpaired) electrons. The van der Waals surface area contributed by atoms with E-state index in [1.165, 1.54) is 12.1 Å². The van der Waals surface area contributed by atoms with Gasteiger partial charge in [0.1, 0.15) is 0 Å². The lowest BCUT2D eigenvalue weighted by atomic mass is 10.3. The van der Waals surface area contributed by atoms with Crippen LogP contribution < -0.4 is 0 Å². The fourth-order valence-corrected chi connectivity index (χ4v) is 0.763. The molecule has 0 heterocycles. The Hall–Kier alpha value is -0.570. The molecular weight excluding hydrogens is 187 g/mol. The van der Waals surface area contributed by atoms with Gasteiger partial charge in [0.05, 0.1) is 4.47 Å². The van der Waals surface area contributed by atoms with Crippen molar-refractivity contribution in [1.82, 2.24) is 0 Å². The van der Waals surface area contributed by atoms with Crippen molar-refractivity contribution in [2.75, 3.05) is 0 Å². The van der Waals surface area contributed by atoms with Crippen molar-refractivity contribution in [3.63, 3.8) is 0 Å². The second-order valence-electron chi connectivity index (χ2n) is 1.49. The van der Waals surface area contributed by atoms with Gasteiger partial charge in [-0.1, -0.05) is 0 Å². The van der Waals surface area contributed by atoms with E-state index in [0.717, 1.165) is 0 Å². The number of phenolic OH excluding ortho intramolecular Hbond substituents is 1. The second kappa shape index (κ2) is 2.35. The van der Waals surface area contributed by atoms with E-state index in [0.29, 0.717) is 0 Å². The molecule has 0 amide bonds. The standard InChI is InChI=1S/C6H3BrFO/c7-4-2-1-3-5(9)6(4)8/h1-2,9H. The Morgan fingerprint density at radius 2 is 2.33 bits per heavy atom. The first-order chi connectivity index (χ1) is 4.22. The van der Waals surface area contributed by atoms with E-state index in [2.05, 4.69) is 22.0 Å². The van der Waals surface area contributed by atoms with Gasteiger partial charge in [-0.3, -0.25) is 0 Å². The van der Waals surface area contributed by atoms with Gasteiger partial charge in [-0.05, 0) is 28.1 Å². The molecule has 1 nitrogen and oxygen atoms in total. The number of aromatic hydroxyl groups is 1. The van der Waals surface area contributed by atoms with Crippen LogP contribution in [0.5, 0.6) is 5.75 Å². The van der Waals surface area contributed by atoms with E-state index in [4.69, 9.17) is 5.11 Å². The summed E-state index contributed by atoms with van der Waals surface area (Å²) < 4.78 is 12.7. The zero-order chi connectivity index (χ0) is 6.85. The van der Waals surface area contributed by atoms with Crippen molar-refractivity contribution in [1.29, 1.82) is 0 Å². The summed E-state index contributed by atoms with van der Waals surface area (Å²) in [5.41, 5.74) is 0. The molecule has 0 fully saturated rings. The minimum atomic E-state index is -0.669. The van der Waals surface area contributed by atoms with Crippen molar-refractivity contribution >= 4 is 15.9 Å². The Balaban J connectivity index is 3.25. The Bertz CT molecular complexity index is 204. The summed E-state index contributed by atoms with van der Waals surface area (Å²) in [6, 6.07) is 5.19. The van der Waals surface area contributed by atoms with E-state index in [1.54, 1.807) is 0 Å². The van der Waals surface area contributed by atoms with Gasteiger partial charge in [-0.25, -0.2) is 4.39 Å². The lowest BCUT2D eigenvalue weighted by Crippen LogP contribution is -1.75. The molecule has 0 aromatic heterocycles. The molecule has 0 saturated carbocycles. The van der Waals surface area contributed by atoms with Crippen LogP contribution in [0.25, 0.3) is 0 Å². The van der Waals surface area contributed by atoms with Crippen LogP contribution in [0.4, 0.5) is 4.39 Å². The highest BCUT2D eigenvalue weighted by Crippen LogP contribution is 2.21. The minimum absolute atomic E-state index is 0.249. The van der Waals surface area contributed by atoms with Gasteiger partial charge in [0, 0.05) is 6.07 Å². The smallest absolute Gasteiger partial charge is 0.179 e. The lowest BCUT2D eigenvalue weighted by Gasteiger charge is -1.93. The number of halogens is 2. The average Bonchev–Trinajstić information content (AvgIpc) is 1.83. The third-order valence-electron chi connectivity index (χ3n) is 0.867. The Morgan fingerprint density at radius 3 is 2.78 bits per heavy atom. The molecule has 3 heteroatoms. The Labute approximate surface area is 60.3 Å². The second-order valence-corrected chi connectivity index (χ2v) is 2.34. The molecule has 0 aliphatic rings. The van der Waals surface area contributed by atoms with Crippen molar-refractivity contribution in [2.45, 2.75) is 0 Å². The molecule has 0 atom stereocenters. The molecule has 1 aromatic rings. The molecule has 1 rings (SSSR count). The Morgan fingerprint density at radius 1 is 1.67 bits per heavy atom. The van der Waals surface area contributed by atoms with Crippen LogP contribution in [-0.4, -0.2) is 5.11 Å². The van der Waals surface area contributed by atoms with Crippen LogP contribution in [0.1, 0.15) is 0 Å². The lowest BCUT2D eigenvalue weighted by molar-refractivity contribution is 0.429. The number of hydrogen-bond donors (Lipinski definition) is 1. The SMILES string of the molecule is Oc1[c]ccc(Br)c1F. The molecule has 1 N–H and O–H groups in total. The van der Waals surface area contributed by atoms with Crippen LogP contribution in [0.15, 0.2) is 16.6 Å². The van der Waals surface area contributed by atoms with Crippen LogP contribution in [0.3, 0.4) is 0 Å². The van der Waals surface area contributed by atoms with Crippen molar-refractivity contribution in [3.8, 4) is 5.75 Å². The van der Waals surface area contributed by atoms with Gasteiger partial charge >= 0.3 is 0 Å². The van der Waals surface area contributed by atoms with E-state index in [1.807, 2.05) is 0 Å². The predicted octanol–water partition coefficient (Wildman–Crippen LogP) is 2.09. The van der Waals surface area contributed by atoms with Gasteiger partial charge in [0.25, 0.3) is 0 Å². The normalized spacial score (nSPS) is 9.56. The zero-order valence-electron chi connectivity index (χ0n) is 4.36. The summed E-state index contributed by atoms with van der Waals surface area (Å²) in [6.07, 6.45) is 0. The minimum Gasteiger partial charge on any atom is -0.504 e. The quantitative estimate of drug-likeness (QED) is 0.663. The summed E-state index contributed by atoms with van der Waals surface area (Å²) in [5.74, 6) is -1.12. The number of phenols is 1. The molecular formula is C6H3BrFO. The van der Waals surface area contributed by atoms with Crippen LogP contribution in [-0.2, 0) is 0 Å². The number of benzene rings is 1. The van der Waals surface area contributed by atoms with E-state index in [-0.39, 0.29) is 4.47 Å². The molecule has 0 unspecified atom stereocenters. The summed E-state index contributed by atoms with van der Waals surface area (Å²) in [7, 11) is 0. The third kappa shape index (κ3) is 1.21. The largest absolute Gasteiger partial charge is 0.504 e. The van der Waals surface area contributed by atoms with Crippen molar-refractivity contribution in [3.05, 3.63) is 28.5 Å². The summed E-state index contributed by atoms with van der Waals surface area (Å²) in [4.78, 5) is 0. The molecule has 0 spiro atoms. The highest BCUT2D eigenvalue weighted by Gasteiger charge is 2.01. The first kappa shape index (κ1) is 6.55. The van der Waals surface area contributed by atoms with Gasteiger partial charge < -0.3 is 5.11 Å². The molecule has 0 aliphatic heterocycles. The van der Waals surface area contributed by atoms with Crippen molar-refractivity contribution < 1.29 is 9.50 Å². The summed E-state index contributed by atoms with van der Waals surface area (Å²) in [5, 5.41) is 8.64. The fourth-order valence-electron chi connectivity index (χ4n) is 0.443. The third-order valence-corrected chi connectivity index (χ3v) is 1.48. The first-order valence-electron chi connectivity index (χ1n) is 2.26. The highest BCUT2D eigenvalue weighted by atomic mass is 79.9. The van der Waals surface area contributed by atoms with Gasteiger partial charge in [-0.2, -0.15) is 0 Å². The van der Waals surface area contributed by atoms with Crippen LogP contribution in [0, 0.1) is 11.9 Å². The molecule has 1 aromatic carbocycles. The number of rotatable bonds is 0. The van der Waals surface area contributed by atoms with Crippen LogP contribution in [0.2, 0.25) is 0 Å². The molecule has 0 saturated heterocycles. The maximum atomic E-state index is 12.4. The summed E-state index contributed by atoms with van der Waals surface area (Å²) >= 11 is 2.89. The monoisotopic (exact) mass is 189 g/mol. The van der Waals surface area contributed by atoms with Gasteiger partial charge in [-0.15, -0.1) is 0 Å². The van der Waals surface area contributed by atoms with Gasteiger partial charge in [0.2, 0.25) is 0 Å². The maximum Gasteiger partial charge on any atom is 0.179 e. The molecule has 0 aliphatic carbocycles. The molecule has 47 valence electrons. The molecule has 0 bridgehead atoms. The van der Waals surface area contributed by atoms with E-state index in [9.17, 15) is 4.39 Å².